The number of nitrogens with zero attached hydrogens (tertiary/aromatic N) is 1. The van der Waals surface area contributed by atoms with Crippen LogP contribution in [0, 0.1) is 11.3 Å². The molecule has 0 aliphatic carbocycles. The maximum atomic E-state index is 12.0. The minimum atomic E-state index is -3.99. The summed E-state index contributed by atoms with van der Waals surface area (Å²) in [6, 6.07) is 10.9. The number of thiophene rings is 1. The van der Waals surface area contributed by atoms with Crippen molar-refractivity contribution < 1.29 is 17.9 Å². The van der Waals surface area contributed by atoms with Crippen LogP contribution >= 0.6 is 22.9 Å². The third-order valence-electron chi connectivity index (χ3n) is 2.69. The molecule has 23 heavy (non-hydrogen) atoms. The van der Waals surface area contributed by atoms with Crippen LogP contribution in [-0.2, 0) is 14.8 Å². The third-order valence-corrected chi connectivity index (χ3v) is 5.76. The summed E-state index contributed by atoms with van der Waals surface area (Å²) in [4.78, 5) is 12.0. The van der Waals surface area contributed by atoms with Crippen LogP contribution in [0.1, 0.15) is 12.5 Å². The highest BCUT2D eigenvalue weighted by atomic mass is 35.5. The second-order valence-electron chi connectivity index (χ2n) is 4.43. The maximum Gasteiger partial charge on any atom is 0.274 e. The van der Waals surface area contributed by atoms with E-state index in [1.807, 2.05) is 10.8 Å². The number of nitrogens with one attached hydrogen (secondary N) is 1. The average Bonchev–Trinajstić information content (AvgIpc) is 2.94. The van der Waals surface area contributed by atoms with E-state index in [2.05, 4.69) is 0 Å². The number of sulfonamides is 1. The molecule has 2 aromatic rings. The lowest BCUT2D eigenvalue weighted by Crippen LogP contribution is -2.39. The van der Waals surface area contributed by atoms with Crippen molar-refractivity contribution in [3.8, 4) is 11.8 Å². The smallest absolute Gasteiger partial charge is 0.274 e. The molecule has 1 atom stereocenters. The molecule has 120 valence electrons. The molecule has 1 N–H and O–H groups in total. The first kappa shape index (κ1) is 17.3. The lowest BCUT2D eigenvalue weighted by Gasteiger charge is -2.14. The van der Waals surface area contributed by atoms with E-state index in [1.165, 1.54) is 25.1 Å². The van der Waals surface area contributed by atoms with Gasteiger partial charge in [-0.2, -0.15) is 5.26 Å². The minimum absolute atomic E-state index is 0.0606. The molecule has 1 heterocycles. The van der Waals surface area contributed by atoms with Gasteiger partial charge in [0, 0.05) is 0 Å². The van der Waals surface area contributed by atoms with Gasteiger partial charge in [-0.3, -0.25) is 4.79 Å². The fraction of sp³-hybridized carbons (Fsp3) is 0.143. The summed E-state index contributed by atoms with van der Waals surface area (Å²) in [6.45, 7) is 1.41. The summed E-state index contributed by atoms with van der Waals surface area (Å²) < 4.78 is 31.6. The van der Waals surface area contributed by atoms with Crippen LogP contribution in [0.25, 0.3) is 0 Å². The highest BCUT2D eigenvalue weighted by Crippen LogP contribution is 2.25. The molecule has 2 rings (SSSR count). The second kappa shape index (κ2) is 7.00. The van der Waals surface area contributed by atoms with Crippen LogP contribution in [0.4, 0.5) is 0 Å². The summed E-state index contributed by atoms with van der Waals surface area (Å²) in [5, 5.41) is 8.81. The number of amides is 1. The molecule has 0 saturated carbocycles. The molecule has 1 aromatic carbocycles. The van der Waals surface area contributed by atoms with Crippen LogP contribution in [-0.4, -0.2) is 20.4 Å². The Balaban J connectivity index is 2.06. The molecule has 0 unspecified atom stereocenters. The van der Waals surface area contributed by atoms with Gasteiger partial charge >= 0.3 is 0 Å². The Labute approximate surface area is 142 Å². The summed E-state index contributed by atoms with van der Waals surface area (Å²) >= 11 is 6.53. The maximum absolute atomic E-state index is 12.0. The van der Waals surface area contributed by atoms with Crippen LogP contribution in [0.3, 0.4) is 0 Å². The third kappa shape index (κ3) is 4.45. The molecule has 9 heteroatoms. The van der Waals surface area contributed by atoms with Gasteiger partial charge in [-0.25, -0.2) is 13.1 Å². The fourth-order valence-electron chi connectivity index (χ4n) is 1.60. The number of halogens is 1. The zero-order valence-corrected chi connectivity index (χ0v) is 14.2. The van der Waals surface area contributed by atoms with E-state index >= 15 is 0 Å². The molecule has 1 amide bonds. The number of carbonyl (C=O) groups excluding carboxylic acids is 1. The predicted molar refractivity (Wildman–Crippen MR) is 85.9 cm³/mol. The summed E-state index contributed by atoms with van der Waals surface area (Å²) in [7, 11) is -3.99. The Bertz CT molecular complexity index is 871. The summed E-state index contributed by atoms with van der Waals surface area (Å²) in [5.41, 5.74) is 0.371. The first-order chi connectivity index (χ1) is 10.8. The van der Waals surface area contributed by atoms with E-state index in [4.69, 9.17) is 21.6 Å². The Morgan fingerprint density at radius 2 is 2.13 bits per heavy atom. The summed E-state index contributed by atoms with van der Waals surface area (Å²) in [6.07, 6.45) is -1.06. The lowest BCUT2D eigenvalue weighted by atomic mass is 10.2. The molecule has 0 aliphatic heterocycles. The van der Waals surface area contributed by atoms with Gasteiger partial charge < -0.3 is 4.74 Å². The molecule has 0 spiro atoms. The lowest BCUT2D eigenvalue weighted by molar-refractivity contribution is -0.125. The Morgan fingerprint density at radius 1 is 1.39 bits per heavy atom. The van der Waals surface area contributed by atoms with E-state index in [0.29, 0.717) is 15.6 Å². The van der Waals surface area contributed by atoms with E-state index in [0.717, 1.165) is 11.3 Å². The topological polar surface area (TPSA) is 96.3 Å². The standard InChI is InChI=1S/C14H11ClN2O4S2/c1-9(21-11-4-2-3-10(7-11)8-16)14(18)17-23(19,20)13-6-5-12(15)22-13/h2-7,9H,1H3,(H,17,18)/t9-/m1/s1. The van der Waals surface area contributed by atoms with Gasteiger partial charge in [0.15, 0.2) is 6.10 Å². The van der Waals surface area contributed by atoms with E-state index in [9.17, 15) is 13.2 Å². The Morgan fingerprint density at radius 3 is 2.74 bits per heavy atom. The molecule has 6 nitrogen and oxygen atoms in total. The number of hydrogen-bond donors (Lipinski definition) is 1. The zero-order valence-electron chi connectivity index (χ0n) is 11.8. The second-order valence-corrected chi connectivity index (χ2v) is 8.05. The SMILES string of the molecule is C[C@@H](Oc1cccc(C#N)c1)C(=O)NS(=O)(=O)c1ccc(Cl)s1. The molecular formula is C14H11ClN2O4S2. The van der Waals surface area contributed by atoms with Gasteiger partial charge in [-0.05, 0) is 37.3 Å². The Hall–Kier alpha value is -2.08. The number of nitriles is 1. The van der Waals surface area contributed by atoms with E-state index < -0.39 is 22.0 Å². The van der Waals surface area contributed by atoms with Crippen molar-refractivity contribution in [2.24, 2.45) is 0 Å². The van der Waals surface area contributed by atoms with Gasteiger partial charge in [-0.1, -0.05) is 17.7 Å². The molecule has 0 radical (unpaired) electrons. The number of carbonyl (C=O) groups is 1. The first-order valence-electron chi connectivity index (χ1n) is 6.30. The zero-order chi connectivity index (χ0) is 17.0. The normalized spacial score (nSPS) is 12.2. The average molecular weight is 371 g/mol. The van der Waals surface area contributed by atoms with Crippen LogP contribution < -0.4 is 9.46 Å². The van der Waals surface area contributed by atoms with Crippen LogP contribution in [0.15, 0.2) is 40.6 Å². The van der Waals surface area contributed by atoms with Crippen molar-refractivity contribution in [1.29, 1.82) is 5.26 Å². The van der Waals surface area contributed by atoms with E-state index in [1.54, 1.807) is 18.2 Å². The van der Waals surface area contributed by atoms with Crippen molar-refractivity contribution >= 4 is 38.9 Å². The van der Waals surface area contributed by atoms with Crippen molar-refractivity contribution in [2.75, 3.05) is 0 Å². The van der Waals surface area contributed by atoms with Crippen LogP contribution in [0.5, 0.6) is 5.75 Å². The van der Waals surface area contributed by atoms with Crippen molar-refractivity contribution in [1.82, 2.24) is 4.72 Å². The van der Waals surface area contributed by atoms with Gasteiger partial charge in [0.2, 0.25) is 0 Å². The number of rotatable bonds is 5. The van der Waals surface area contributed by atoms with Crippen molar-refractivity contribution in [3.63, 3.8) is 0 Å². The molecule has 0 saturated heterocycles. The summed E-state index contributed by atoms with van der Waals surface area (Å²) in [5.74, 6) is -0.528. The molecule has 0 fully saturated rings. The van der Waals surface area contributed by atoms with Crippen molar-refractivity contribution in [2.45, 2.75) is 17.2 Å². The molecular weight excluding hydrogens is 360 g/mol. The van der Waals surface area contributed by atoms with Gasteiger partial charge in [-0.15, -0.1) is 11.3 Å². The fourth-order valence-corrected chi connectivity index (χ4v) is 4.13. The number of benzene rings is 1. The first-order valence-corrected chi connectivity index (χ1v) is 8.98. The highest BCUT2D eigenvalue weighted by Gasteiger charge is 2.24. The van der Waals surface area contributed by atoms with E-state index in [-0.39, 0.29) is 4.21 Å². The largest absolute Gasteiger partial charge is 0.481 e. The molecule has 0 bridgehead atoms. The van der Waals surface area contributed by atoms with Gasteiger partial charge in [0.25, 0.3) is 15.9 Å². The number of ether oxygens (including phenoxy) is 1. The molecule has 1 aromatic heterocycles. The quantitative estimate of drug-likeness (QED) is 0.872. The van der Waals surface area contributed by atoms with Gasteiger partial charge in [0.1, 0.15) is 9.96 Å². The predicted octanol–water partition coefficient (Wildman–Crippen LogP) is 2.55. The highest BCUT2D eigenvalue weighted by molar-refractivity contribution is 7.92. The Kier molecular flexibility index (Phi) is 5.26. The minimum Gasteiger partial charge on any atom is -0.481 e. The van der Waals surface area contributed by atoms with Crippen molar-refractivity contribution in [3.05, 3.63) is 46.3 Å². The number of hydrogen-bond acceptors (Lipinski definition) is 6. The monoisotopic (exact) mass is 370 g/mol. The van der Waals surface area contributed by atoms with Crippen LogP contribution in [0.2, 0.25) is 4.34 Å². The van der Waals surface area contributed by atoms with Gasteiger partial charge in [0.05, 0.1) is 16.0 Å². The molecule has 0 aliphatic rings.